The van der Waals surface area contributed by atoms with E-state index in [1.54, 1.807) is 10.8 Å². The summed E-state index contributed by atoms with van der Waals surface area (Å²) in [5, 5.41) is 10.0. The van der Waals surface area contributed by atoms with Crippen LogP contribution in [0.15, 0.2) is 77.9 Å². The zero-order chi connectivity index (χ0) is 17.9. The Morgan fingerprint density at radius 3 is 2.62 bits per heavy atom. The SMILES string of the molecule is O=c1c(C2=CC(O)CCC2)cc(-c2ccccn2)cn1-c1ccccc1. The highest BCUT2D eigenvalue weighted by Crippen LogP contribution is 2.28. The van der Waals surface area contributed by atoms with Crippen LogP contribution >= 0.6 is 0 Å². The van der Waals surface area contributed by atoms with Gasteiger partial charge in [0, 0.05) is 29.2 Å². The lowest BCUT2D eigenvalue weighted by Gasteiger charge is -2.19. The number of aromatic nitrogens is 2. The molecule has 0 amide bonds. The molecule has 26 heavy (non-hydrogen) atoms. The molecule has 1 aliphatic carbocycles. The van der Waals surface area contributed by atoms with Gasteiger partial charge < -0.3 is 5.11 Å². The van der Waals surface area contributed by atoms with Gasteiger partial charge in [-0.2, -0.15) is 0 Å². The second-order valence-corrected chi connectivity index (χ2v) is 6.52. The third-order valence-electron chi connectivity index (χ3n) is 4.70. The molecule has 1 aromatic carbocycles. The number of pyridine rings is 2. The van der Waals surface area contributed by atoms with Gasteiger partial charge >= 0.3 is 0 Å². The molecule has 0 radical (unpaired) electrons. The number of para-hydroxylation sites is 1. The highest BCUT2D eigenvalue weighted by Gasteiger charge is 2.18. The highest BCUT2D eigenvalue weighted by molar-refractivity contribution is 5.71. The Labute approximate surface area is 152 Å². The van der Waals surface area contributed by atoms with Crippen molar-refractivity contribution in [3.05, 3.63) is 89.0 Å². The third-order valence-corrected chi connectivity index (χ3v) is 4.70. The van der Waals surface area contributed by atoms with E-state index in [9.17, 15) is 9.90 Å². The molecule has 2 heterocycles. The van der Waals surface area contributed by atoms with E-state index in [2.05, 4.69) is 4.98 Å². The number of allylic oxidation sites excluding steroid dienone is 1. The minimum atomic E-state index is -0.484. The summed E-state index contributed by atoms with van der Waals surface area (Å²) in [5.74, 6) is 0. The average Bonchev–Trinajstić information content (AvgIpc) is 2.69. The minimum Gasteiger partial charge on any atom is -0.389 e. The minimum absolute atomic E-state index is 0.0729. The number of hydrogen-bond acceptors (Lipinski definition) is 3. The fourth-order valence-corrected chi connectivity index (χ4v) is 3.39. The molecule has 0 saturated carbocycles. The Morgan fingerprint density at radius 1 is 1.08 bits per heavy atom. The van der Waals surface area contributed by atoms with Crippen molar-refractivity contribution in [2.75, 3.05) is 0 Å². The number of hydrogen-bond donors (Lipinski definition) is 1. The summed E-state index contributed by atoms with van der Waals surface area (Å²) in [4.78, 5) is 17.6. The Kier molecular flexibility index (Phi) is 4.50. The first-order chi connectivity index (χ1) is 12.7. The van der Waals surface area contributed by atoms with Gasteiger partial charge in [-0.1, -0.05) is 30.3 Å². The van der Waals surface area contributed by atoms with Gasteiger partial charge in [0.2, 0.25) is 0 Å². The largest absolute Gasteiger partial charge is 0.389 e. The molecule has 3 aromatic rings. The van der Waals surface area contributed by atoms with Crippen molar-refractivity contribution in [1.82, 2.24) is 9.55 Å². The van der Waals surface area contributed by atoms with Crippen molar-refractivity contribution in [2.45, 2.75) is 25.4 Å². The van der Waals surface area contributed by atoms with E-state index in [-0.39, 0.29) is 5.56 Å². The number of benzene rings is 1. The first-order valence-electron chi connectivity index (χ1n) is 8.85. The van der Waals surface area contributed by atoms with Crippen LogP contribution in [0.25, 0.3) is 22.5 Å². The van der Waals surface area contributed by atoms with Crippen molar-refractivity contribution in [3.8, 4) is 16.9 Å². The second-order valence-electron chi connectivity index (χ2n) is 6.52. The number of rotatable bonds is 3. The van der Waals surface area contributed by atoms with E-state index in [0.29, 0.717) is 5.56 Å². The van der Waals surface area contributed by atoms with Crippen LogP contribution < -0.4 is 5.56 Å². The summed E-state index contributed by atoms with van der Waals surface area (Å²) in [7, 11) is 0. The smallest absolute Gasteiger partial charge is 0.262 e. The first-order valence-corrected chi connectivity index (χ1v) is 8.85. The lowest BCUT2D eigenvalue weighted by molar-refractivity contribution is 0.206. The van der Waals surface area contributed by atoms with Crippen LogP contribution in [0.5, 0.6) is 0 Å². The monoisotopic (exact) mass is 344 g/mol. The maximum Gasteiger partial charge on any atom is 0.262 e. The zero-order valence-corrected chi connectivity index (χ0v) is 14.4. The van der Waals surface area contributed by atoms with Crippen molar-refractivity contribution in [2.24, 2.45) is 0 Å². The molecule has 0 bridgehead atoms. The second kappa shape index (κ2) is 7.10. The molecule has 1 N–H and O–H groups in total. The summed E-state index contributed by atoms with van der Waals surface area (Å²) in [6.45, 7) is 0. The molecule has 0 saturated heterocycles. The Morgan fingerprint density at radius 2 is 1.88 bits per heavy atom. The van der Waals surface area contributed by atoms with Gasteiger partial charge in [-0.3, -0.25) is 14.3 Å². The lowest BCUT2D eigenvalue weighted by Crippen LogP contribution is -2.23. The topological polar surface area (TPSA) is 55.1 Å². The van der Waals surface area contributed by atoms with Crippen LogP contribution in [0.4, 0.5) is 0 Å². The van der Waals surface area contributed by atoms with Gasteiger partial charge in [0.05, 0.1) is 11.8 Å². The number of aliphatic hydroxyl groups excluding tert-OH is 1. The Hall–Kier alpha value is -2.98. The van der Waals surface area contributed by atoms with Crippen molar-refractivity contribution in [1.29, 1.82) is 0 Å². The lowest BCUT2D eigenvalue weighted by atomic mass is 9.92. The standard InChI is InChI=1S/C22H20N2O2/c25-19-10-6-7-16(13-19)20-14-17(21-11-4-5-12-23-21)15-24(22(20)26)18-8-2-1-3-9-18/h1-5,8-9,11-15,19,25H,6-7,10H2. The quantitative estimate of drug-likeness (QED) is 0.786. The molecule has 0 aliphatic heterocycles. The zero-order valence-electron chi connectivity index (χ0n) is 14.4. The molecule has 2 aromatic heterocycles. The van der Waals surface area contributed by atoms with Crippen molar-refractivity contribution >= 4 is 5.57 Å². The highest BCUT2D eigenvalue weighted by atomic mass is 16.3. The molecule has 1 atom stereocenters. The van der Waals surface area contributed by atoms with E-state index in [0.717, 1.165) is 41.8 Å². The number of aliphatic hydroxyl groups is 1. The normalized spacial score (nSPS) is 17.0. The van der Waals surface area contributed by atoms with Crippen LogP contribution in [-0.4, -0.2) is 20.8 Å². The van der Waals surface area contributed by atoms with Gasteiger partial charge in [0.25, 0.3) is 5.56 Å². The molecule has 1 unspecified atom stereocenters. The molecule has 1 aliphatic rings. The molecular weight excluding hydrogens is 324 g/mol. The van der Waals surface area contributed by atoms with Crippen LogP contribution in [0.1, 0.15) is 24.8 Å². The van der Waals surface area contributed by atoms with Gasteiger partial charge in [-0.05, 0) is 55.2 Å². The average molecular weight is 344 g/mol. The molecule has 0 spiro atoms. The summed E-state index contributed by atoms with van der Waals surface area (Å²) < 4.78 is 1.67. The molecule has 4 nitrogen and oxygen atoms in total. The van der Waals surface area contributed by atoms with Crippen LogP contribution in [0, 0.1) is 0 Å². The predicted molar refractivity (Wildman–Crippen MR) is 103 cm³/mol. The maximum absolute atomic E-state index is 13.2. The predicted octanol–water partition coefficient (Wildman–Crippen LogP) is 3.83. The van der Waals surface area contributed by atoms with Crippen LogP contribution in [0.2, 0.25) is 0 Å². The molecule has 130 valence electrons. The fourth-order valence-electron chi connectivity index (χ4n) is 3.39. The Balaban J connectivity index is 1.95. The summed E-state index contributed by atoms with van der Waals surface area (Å²) in [5.41, 5.74) is 3.98. The van der Waals surface area contributed by atoms with Gasteiger partial charge in [0.15, 0.2) is 0 Å². The van der Waals surface area contributed by atoms with E-state index in [1.807, 2.05) is 66.9 Å². The van der Waals surface area contributed by atoms with E-state index < -0.39 is 6.10 Å². The first kappa shape index (κ1) is 16.5. The fraction of sp³-hybridized carbons (Fsp3) is 0.182. The summed E-state index contributed by atoms with van der Waals surface area (Å²) in [6, 6.07) is 17.2. The van der Waals surface area contributed by atoms with Crippen molar-refractivity contribution in [3.63, 3.8) is 0 Å². The van der Waals surface area contributed by atoms with Gasteiger partial charge in [0.1, 0.15) is 0 Å². The van der Waals surface area contributed by atoms with E-state index >= 15 is 0 Å². The van der Waals surface area contributed by atoms with Crippen LogP contribution in [-0.2, 0) is 0 Å². The maximum atomic E-state index is 13.2. The summed E-state index contributed by atoms with van der Waals surface area (Å²) in [6.07, 6.45) is 7.34. The molecule has 0 fully saturated rings. The van der Waals surface area contributed by atoms with E-state index in [1.165, 1.54) is 0 Å². The van der Waals surface area contributed by atoms with Crippen molar-refractivity contribution < 1.29 is 5.11 Å². The molecule has 4 rings (SSSR count). The van der Waals surface area contributed by atoms with Gasteiger partial charge in [-0.15, -0.1) is 0 Å². The van der Waals surface area contributed by atoms with E-state index in [4.69, 9.17) is 0 Å². The van der Waals surface area contributed by atoms with Gasteiger partial charge in [-0.25, -0.2) is 0 Å². The molecule has 4 heteroatoms. The summed E-state index contributed by atoms with van der Waals surface area (Å²) >= 11 is 0. The molecular formula is C22H20N2O2. The third kappa shape index (κ3) is 3.24. The number of nitrogens with zero attached hydrogens (tertiary/aromatic N) is 2. The van der Waals surface area contributed by atoms with Crippen LogP contribution in [0.3, 0.4) is 0 Å². The Bertz CT molecular complexity index is 992.